The molecule has 1 heterocycles. The molecule has 0 unspecified atom stereocenters. The second kappa shape index (κ2) is 11.6. The number of alkyl halides is 3. The third kappa shape index (κ3) is 8.02. The van der Waals surface area contributed by atoms with Crippen molar-refractivity contribution in [1.82, 2.24) is 9.80 Å². The Balaban J connectivity index is 2.42. The van der Waals surface area contributed by atoms with Gasteiger partial charge in [-0.25, -0.2) is 8.42 Å². The predicted molar refractivity (Wildman–Crippen MR) is 124 cm³/mol. The highest BCUT2D eigenvalue weighted by Crippen LogP contribution is 2.27. The number of ether oxygens (including phenoxy) is 2. The number of sulfonamides is 1. The summed E-state index contributed by atoms with van der Waals surface area (Å²) in [6.45, 7) is 5.54. The Morgan fingerprint density at radius 1 is 1.24 bits per heavy atom. The van der Waals surface area contributed by atoms with Gasteiger partial charge in [-0.15, -0.1) is 0 Å². The van der Waals surface area contributed by atoms with Crippen LogP contribution in [0.15, 0.2) is 18.2 Å². The van der Waals surface area contributed by atoms with Crippen LogP contribution >= 0.6 is 0 Å². The lowest BCUT2D eigenvalue weighted by Crippen LogP contribution is -2.47. The number of nitrogens with zero attached hydrogens (tertiary/aromatic N) is 2. The summed E-state index contributed by atoms with van der Waals surface area (Å²) in [5.41, 5.74) is 0.366. The zero-order valence-corrected chi connectivity index (χ0v) is 21.0. The number of likely N-dealkylation sites (N-methyl/N-ethyl adjacent to an activating group) is 1. The van der Waals surface area contributed by atoms with Gasteiger partial charge in [0.1, 0.15) is 12.4 Å². The van der Waals surface area contributed by atoms with Crippen LogP contribution in [0.4, 0.5) is 18.9 Å². The van der Waals surface area contributed by atoms with Crippen LogP contribution < -0.4 is 9.46 Å². The highest BCUT2D eigenvalue weighted by atomic mass is 32.2. The molecule has 1 aromatic rings. The van der Waals surface area contributed by atoms with Crippen molar-refractivity contribution in [3.05, 3.63) is 23.8 Å². The van der Waals surface area contributed by atoms with Gasteiger partial charge in [0.15, 0.2) is 0 Å². The summed E-state index contributed by atoms with van der Waals surface area (Å²) >= 11 is 0. The number of methoxy groups -OCH3 is 1. The molecule has 3 atom stereocenters. The molecule has 1 aliphatic rings. The molecule has 34 heavy (non-hydrogen) atoms. The normalized spacial score (nSPS) is 23.5. The minimum absolute atomic E-state index is 0.0479. The summed E-state index contributed by atoms with van der Waals surface area (Å²) in [7, 11) is -0.469. The number of halogens is 3. The highest BCUT2D eigenvalue weighted by molar-refractivity contribution is 7.92. The van der Waals surface area contributed by atoms with Crippen molar-refractivity contribution in [2.24, 2.45) is 5.92 Å². The molecule has 1 aliphatic heterocycles. The van der Waals surface area contributed by atoms with Crippen molar-refractivity contribution in [1.29, 1.82) is 0 Å². The van der Waals surface area contributed by atoms with E-state index >= 15 is 0 Å². The summed E-state index contributed by atoms with van der Waals surface area (Å²) < 4.78 is 76.6. The molecule has 1 amide bonds. The smallest absolute Gasteiger partial charge is 0.390 e. The van der Waals surface area contributed by atoms with E-state index < -0.39 is 28.7 Å². The zero-order chi connectivity index (χ0) is 25.7. The Labute approximate surface area is 199 Å². The van der Waals surface area contributed by atoms with Crippen LogP contribution in [-0.4, -0.2) is 88.6 Å². The Morgan fingerprint density at radius 3 is 2.50 bits per heavy atom. The Hall–Kier alpha value is -2.05. The van der Waals surface area contributed by atoms with Crippen molar-refractivity contribution in [2.75, 3.05) is 50.9 Å². The first-order valence-corrected chi connectivity index (χ1v) is 12.8. The van der Waals surface area contributed by atoms with Crippen molar-refractivity contribution in [2.45, 2.75) is 45.5 Å². The fourth-order valence-corrected chi connectivity index (χ4v) is 4.38. The molecule has 0 fully saturated rings. The van der Waals surface area contributed by atoms with Gasteiger partial charge in [0.05, 0.1) is 23.8 Å². The first kappa shape index (κ1) is 28.2. The molecule has 0 saturated carbocycles. The number of anilines is 1. The molecule has 0 bridgehead atoms. The van der Waals surface area contributed by atoms with Gasteiger partial charge in [-0.1, -0.05) is 6.92 Å². The molecule has 1 aromatic carbocycles. The number of carbonyl (C=O) groups excluding carboxylic acids is 1. The maximum atomic E-state index is 13.2. The van der Waals surface area contributed by atoms with Crippen molar-refractivity contribution < 1.29 is 35.9 Å². The predicted octanol–water partition coefficient (Wildman–Crippen LogP) is 3.21. The molecule has 0 saturated heterocycles. The minimum atomic E-state index is -4.28. The largest absolute Gasteiger partial charge is 0.491 e. The van der Waals surface area contributed by atoms with E-state index in [0.717, 1.165) is 0 Å². The molecule has 2 rings (SSSR count). The molecular formula is C22H34F3N3O5S. The van der Waals surface area contributed by atoms with Crippen LogP contribution in [0.25, 0.3) is 0 Å². The number of rotatable bonds is 6. The van der Waals surface area contributed by atoms with E-state index in [1.807, 2.05) is 6.92 Å². The van der Waals surface area contributed by atoms with Crippen LogP contribution in [-0.2, 0) is 14.8 Å². The highest BCUT2D eigenvalue weighted by Gasteiger charge is 2.32. The first-order chi connectivity index (χ1) is 15.8. The van der Waals surface area contributed by atoms with E-state index in [1.165, 1.54) is 37.1 Å². The minimum Gasteiger partial charge on any atom is -0.491 e. The summed E-state index contributed by atoms with van der Waals surface area (Å²) in [5.74, 6) is -0.462. The van der Waals surface area contributed by atoms with Crippen LogP contribution in [0.2, 0.25) is 0 Å². The molecule has 0 aliphatic carbocycles. The van der Waals surface area contributed by atoms with Gasteiger partial charge in [-0.3, -0.25) is 14.4 Å². The lowest BCUT2D eigenvalue weighted by Gasteiger charge is -2.36. The van der Waals surface area contributed by atoms with E-state index in [1.54, 1.807) is 18.9 Å². The number of fused-ring (bicyclic) bond motifs is 1. The van der Waals surface area contributed by atoms with Crippen molar-refractivity contribution in [3.8, 4) is 5.75 Å². The summed E-state index contributed by atoms with van der Waals surface area (Å²) in [6.07, 6.45) is -5.65. The summed E-state index contributed by atoms with van der Waals surface area (Å²) in [5, 5.41) is 0. The standard InChI is InChI=1S/C22H34F3N3O5S/c1-6-34(30,31)26-17-7-8-19-18(11-17)21(29)27(4)13-20(32-5)15(2)12-28(16(3)14-33-19)10-9-22(23,24)25/h7-8,11,15-16,20,26H,6,9-10,12-14H2,1-5H3/t15-,16-,20+/m1/s1. The zero-order valence-electron chi connectivity index (χ0n) is 20.2. The quantitative estimate of drug-likeness (QED) is 0.634. The van der Waals surface area contributed by atoms with E-state index in [0.29, 0.717) is 6.54 Å². The van der Waals surface area contributed by atoms with Crippen LogP contribution in [0.3, 0.4) is 0 Å². The van der Waals surface area contributed by atoms with Gasteiger partial charge in [0.25, 0.3) is 5.91 Å². The van der Waals surface area contributed by atoms with Gasteiger partial charge >= 0.3 is 6.18 Å². The van der Waals surface area contributed by atoms with Crippen LogP contribution in [0.5, 0.6) is 5.75 Å². The molecule has 12 heteroatoms. The average Bonchev–Trinajstić information content (AvgIpc) is 2.76. The first-order valence-electron chi connectivity index (χ1n) is 11.1. The third-order valence-corrected chi connectivity index (χ3v) is 7.22. The molecule has 194 valence electrons. The second-order valence-corrected chi connectivity index (χ2v) is 10.7. The Kier molecular flexibility index (Phi) is 9.61. The maximum absolute atomic E-state index is 13.2. The number of carbonyl (C=O) groups is 1. The topological polar surface area (TPSA) is 88.2 Å². The van der Waals surface area contributed by atoms with E-state index in [-0.39, 0.29) is 60.3 Å². The van der Waals surface area contributed by atoms with Gasteiger partial charge in [-0.2, -0.15) is 13.2 Å². The van der Waals surface area contributed by atoms with E-state index in [9.17, 15) is 26.4 Å². The van der Waals surface area contributed by atoms with Gasteiger partial charge < -0.3 is 14.4 Å². The molecule has 1 N–H and O–H groups in total. The molecule has 0 radical (unpaired) electrons. The third-order valence-electron chi connectivity index (χ3n) is 5.91. The van der Waals surface area contributed by atoms with Gasteiger partial charge in [0.2, 0.25) is 10.0 Å². The SMILES string of the molecule is CCS(=O)(=O)Nc1ccc2c(c1)C(=O)N(C)C[C@H](OC)[C@H](C)CN(CCC(F)(F)F)[C@H](C)CO2. The number of hydrogen-bond donors (Lipinski definition) is 1. The second-order valence-electron chi connectivity index (χ2n) is 8.67. The average molecular weight is 510 g/mol. The lowest BCUT2D eigenvalue weighted by molar-refractivity contribution is -0.140. The fraction of sp³-hybridized carbons (Fsp3) is 0.682. The molecule has 0 aromatic heterocycles. The number of nitrogens with one attached hydrogen (secondary N) is 1. The molecule has 8 nitrogen and oxygen atoms in total. The molecular weight excluding hydrogens is 475 g/mol. The van der Waals surface area contributed by atoms with E-state index in [2.05, 4.69) is 4.72 Å². The Bertz CT molecular complexity index is 942. The number of hydrogen-bond acceptors (Lipinski definition) is 6. The summed E-state index contributed by atoms with van der Waals surface area (Å²) in [4.78, 5) is 16.4. The summed E-state index contributed by atoms with van der Waals surface area (Å²) in [6, 6.07) is 4.01. The van der Waals surface area contributed by atoms with Gasteiger partial charge in [-0.05, 0) is 38.0 Å². The Morgan fingerprint density at radius 2 is 1.91 bits per heavy atom. The van der Waals surface area contributed by atoms with Crippen LogP contribution in [0.1, 0.15) is 37.6 Å². The lowest BCUT2D eigenvalue weighted by atomic mass is 10.0. The fourth-order valence-electron chi connectivity index (χ4n) is 3.75. The van der Waals surface area contributed by atoms with Crippen molar-refractivity contribution in [3.63, 3.8) is 0 Å². The monoisotopic (exact) mass is 509 g/mol. The van der Waals surface area contributed by atoms with E-state index in [4.69, 9.17) is 9.47 Å². The van der Waals surface area contributed by atoms with Crippen molar-refractivity contribution >= 4 is 21.6 Å². The van der Waals surface area contributed by atoms with Gasteiger partial charge in [0, 0.05) is 45.5 Å². The number of benzene rings is 1. The number of amides is 1. The molecule has 0 spiro atoms. The maximum Gasteiger partial charge on any atom is 0.390 e. The van der Waals surface area contributed by atoms with Crippen LogP contribution in [0, 0.1) is 5.92 Å².